The van der Waals surface area contributed by atoms with Crippen molar-refractivity contribution in [3.63, 3.8) is 0 Å². The molecule has 0 atom stereocenters. The minimum atomic E-state index is -0.473. The van der Waals surface area contributed by atoms with Crippen molar-refractivity contribution < 1.29 is 13.6 Å². The lowest BCUT2D eigenvalue weighted by Gasteiger charge is -2.19. The van der Waals surface area contributed by atoms with Gasteiger partial charge in [0.15, 0.2) is 23.0 Å². The molecule has 1 fully saturated rings. The van der Waals surface area contributed by atoms with Crippen LogP contribution in [0.5, 0.6) is 0 Å². The van der Waals surface area contributed by atoms with E-state index in [1.54, 1.807) is 31.3 Å². The van der Waals surface area contributed by atoms with Gasteiger partial charge in [-0.3, -0.25) is 4.79 Å². The van der Waals surface area contributed by atoms with Gasteiger partial charge in [0.05, 0.1) is 5.69 Å². The van der Waals surface area contributed by atoms with Crippen LogP contribution in [0, 0.1) is 12.7 Å². The number of hydrogen-bond donors (Lipinski definition) is 1. The smallest absolute Gasteiger partial charge is 0.291 e. The predicted octanol–water partition coefficient (Wildman–Crippen LogP) is 4.13. The second-order valence-electron chi connectivity index (χ2n) is 6.20. The number of hydrogen-bond acceptors (Lipinski definition) is 4. The summed E-state index contributed by atoms with van der Waals surface area (Å²) in [5, 5.41) is 3.47. The lowest BCUT2D eigenvalue weighted by molar-refractivity contribution is 0.0997. The van der Waals surface area contributed by atoms with Crippen LogP contribution >= 0.6 is 0 Å². The summed E-state index contributed by atoms with van der Waals surface area (Å²) in [7, 11) is 0. The first-order valence-corrected chi connectivity index (χ1v) is 8.34. The van der Waals surface area contributed by atoms with Crippen molar-refractivity contribution in [2.45, 2.75) is 19.8 Å². The van der Waals surface area contributed by atoms with Crippen molar-refractivity contribution >= 4 is 28.4 Å². The molecule has 0 radical (unpaired) electrons. The van der Waals surface area contributed by atoms with E-state index in [9.17, 15) is 9.18 Å². The van der Waals surface area contributed by atoms with E-state index in [4.69, 9.17) is 4.42 Å². The topological polar surface area (TPSA) is 58.4 Å². The fourth-order valence-electron chi connectivity index (χ4n) is 3.28. The van der Waals surface area contributed by atoms with Crippen LogP contribution in [-0.2, 0) is 0 Å². The Morgan fingerprint density at radius 2 is 2.04 bits per heavy atom. The van der Waals surface area contributed by atoms with Crippen LogP contribution in [-0.4, -0.2) is 24.0 Å². The predicted molar refractivity (Wildman–Crippen MR) is 94.5 cm³/mol. The summed E-state index contributed by atoms with van der Waals surface area (Å²) in [6.07, 6.45) is 3.95. The van der Waals surface area contributed by atoms with Gasteiger partial charge in [-0.05, 0) is 38.0 Å². The Morgan fingerprint density at radius 3 is 2.80 bits per heavy atom. The highest BCUT2D eigenvalue weighted by molar-refractivity contribution is 6.07. The van der Waals surface area contributed by atoms with Crippen LogP contribution in [0.15, 0.2) is 40.9 Å². The number of para-hydroxylation sites is 1. The third-order valence-electron chi connectivity index (χ3n) is 4.56. The molecule has 6 heteroatoms. The SMILES string of the molecule is Cc1c(C(=O)Nc2cccnc2N2CCCC2)oc2c(F)cccc12. The fraction of sp³-hybridized carbons (Fsp3) is 0.263. The van der Waals surface area contributed by atoms with Crippen molar-refractivity contribution in [1.82, 2.24) is 4.98 Å². The van der Waals surface area contributed by atoms with Crippen LogP contribution in [0.25, 0.3) is 11.0 Å². The van der Waals surface area contributed by atoms with Crippen molar-refractivity contribution in [2.75, 3.05) is 23.3 Å². The Labute approximate surface area is 144 Å². The van der Waals surface area contributed by atoms with E-state index in [1.807, 2.05) is 6.07 Å². The van der Waals surface area contributed by atoms with E-state index in [0.29, 0.717) is 16.6 Å². The molecule has 1 N–H and O–H groups in total. The minimum absolute atomic E-state index is 0.108. The summed E-state index contributed by atoms with van der Waals surface area (Å²) >= 11 is 0. The summed E-state index contributed by atoms with van der Waals surface area (Å²) in [4.78, 5) is 19.3. The van der Waals surface area contributed by atoms with E-state index in [-0.39, 0.29) is 11.3 Å². The lowest BCUT2D eigenvalue weighted by Crippen LogP contribution is -2.22. The molecule has 1 aromatic carbocycles. The molecule has 1 amide bonds. The fourth-order valence-corrected chi connectivity index (χ4v) is 3.28. The Balaban J connectivity index is 1.67. The number of aromatic nitrogens is 1. The maximum Gasteiger partial charge on any atom is 0.291 e. The first kappa shape index (κ1) is 15.6. The van der Waals surface area contributed by atoms with Gasteiger partial charge in [0.25, 0.3) is 5.91 Å². The highest BCUT2D eigenvalue weighted by Crippen LogP contribution is 2.30. The monoisotopic (exact) mass is 339 g/mol. The van der Waals surface area contributed by atoms with Crippen molar-refractivity contribution in [3.05, 3.63) is 53.7 Å². The summed E-state index contributed by atoms with van der Waals surface area (Å²) in [6, 6.07) is 8.26. The highest BCUT2D eigenvalue weighted by atomic mass is 19.1. The molecule has 0 aliphatic carbocycles. The first-order chi connectivity index (χ1) is 12.1. The third kappa shape index (κ3) is 2.73. The molecular formula is C19H18FN3O2. The van der Waals surface area contributed by atoms with Crippen LogP contribution in [0.3, 0.4) is 0 Å². The number of aryl methyl sites for hydroxylation is 1. The zero-order valence-electron chi connectivity index (χ0n) is 13.9. The quantitative estimate of drug-likeness (QED) is 0.779. The average molecular weight is 339 g/mol. The van der Waals surface area contributed by atoms with Crippen LogP contribution in [0.1, 0.15) is 29.0 Å². The molecule has 3 aromatic rings. The minimum Gasteiger partial charge on any atom is -0.448 e. The first-order valence-electron chi connectivity index (χ1n) is 8.34. The zero-order chi connectivity index (χ0) is 17.4. The van der Waals surface area contributed by atoms with Crippen LogP contribution in [0.4, 0.5) is 15.9 Å². The molecule has 0 saturated carbocycles. The highest BCUT2D eigenvalue weighted by Gasteiger charge is 2.22. The molecule has 1 saturated heterocycles. The van der Waals surface area contributed by atoms with E-state index in [2.05, 4.69) is 15.2 Å². The zero-order valence-corrected chi connectivity index (χ0v) is 13.9. The Bertz CT molecular complexity index is 945. The second-order valence-corrected chi connectivity index (χ2v) is 6.20. The van der Waals surface area contributed by atoms with Gasteiger partial charge < -0.3 is 14.6 Å². The molecule has 5 nitrogen and oxygen atoms in total. The summed E-state index contributed by atoms with van der Waals surface area (Å²) < 4.78 is 19.4. The number of amides is 1. The molecule has 3 heterocycles. The van der Waals surface area contributed by atoms with Crippen LogP contribution < -0.4 is 10.2 Å². The molecule has 0 unspecified atom stereocenters. The molecule has 0 bridgehead atoms. The Kier molecular flexibility index (Phi) is 3.87. The molecule has 0 spiro atoms. The summed E-state index contributed by atoms with van der Waals surface area (Å²) in [6.45, 7) is 3.61. The standard InChI is InChI=1S/C19H18FN3O2/c1-12-13-6-4-7-14(20)17(13)25-16(12)19(24)22-15-8-5-9-21-18(15)23-10-2-3-11-23/h4-9H,2-3,10-11H2,1H3,(H,22,24). The summed E-state index contributed by atoms with van der Waals surface area (Å²) in [5.41, 5.74) is 1.37. The molecular weight excluding hydrogens is 321 g/mol. The van der Waals surface area contributed by atoms with Crippen molar-refractivity contribution in [2.24, 2.45) is 0 Å². The number of benzene rings is 1. The van der Waals surface area contributed by atoms with E-state index in [1.165, 1.54) is 6.07 Å². The molecule has 128 valence electrons. The molecule has 2 aromatic heterocycles. The Hall–Kier alpha value is -2.89. The number of carbonyl (C=O) groups excluding carboxylic acids is 1. The third-order valence-corrected chi connectivity index (χ3v) is 4.56. The number of nitrogens with one attached hydrogen (secondary N) is 1. The number of nitrogens with zero attached hydrogens (tertiary/aromatic N) is 2. The molecule has 4 rings (SSSR count). The average Bonchev–Trinajstić information content (AvgIpc) is 3.25. The number of carbonyl (C=O) groups is 1. The van der Waals surface area contributed by atoms with Gasteiger partial charge in [0.2, 0.25) is 0 Å². The summed E-state index contributed by atoms with van der Waals surface area (Å²) in [5.74, 6) is 0.00458. The normalized spacial score (nSPS) is 14.2. The van der Waals surface area contributed by atoms with E-state index < -0.39 is 11.7 Å². The molecule has 1 aliphatic rings. The number of anilines is 2. The van der Waals surface area contributed by atoms with Gasteiger partial charge in [-0.2, -0.15) is 0 Å². The molecule has 25 heavy (non-hydrogen) atoms. The van der Waals surface area contributed by atoms with Crippen molar-refractivity contribution in [3.8, 4) is 0 Å². The number of furan rings is 1. The van der Waals surface area contributed by atoms with E-state index >= 15 is 0 Å². The van der Waals surface area contributed by atoms with Gasteiger partial charge in [0, 0.05) is 30.2 Å². The number of fused-ring (bicyclic) bond motifs is 1. The van der Waals surface area contributed by atoms with Gasteiger partial charge in [0.1, 0.15) is 0 Å². The van der Waals surface area contributed by atoms with Gasteiger partial charge >= 0.3 is 0 Å². The Morgan fingerprint density at radius 1 is 1.24 bits per heavy atom. The van der Waals surface area contributed by atoms with Crippen molar-refractivity contribution in [1.29, 1.82) is 0 Å². The maximum absolute atomic E-state index is 13.9. The second kappa shape index (κ2) is 6.20. The maximum atomic E-state index is 13.9. The van der Waals surface area contributed by atoms with Gasteiger partial charge in [-0.1, -0.05) is 12.1 Å². The lowest BCUT2D eigenvalue weighted by atomic mass is 10.1. The number of halogens is 1. The molecule has 1 aliphatic heterocycles. The number of rotatable bonds is 3. The van der Waals surface area contributed by atoms with Gasteiger partial charge in [-0.25, -0.2) is 9.37 Å². The largest absolute Gasteiger partial charge is 0.448 e. The van der Waals surface area contributed by atoms with Gasteiger partial charge in [-0.15, -0.1) is 0 Å². The van der Waals surface area contributed by atoms with Crippen LogP contribution in [0.2, 0.25) is 0 Å². The number of pyridine rings is 1. The van der Waals surface area contributed by atoms with E-state index in [0.717, 1.165) is 31.7 Å².